The maximum Gasteiger partial charge on any atom is 0.319 e. The molecule has 3 rings (SSSR count). The van der Waals surface area contributed by atoms with E-state index in [1.807, 2.05) is 0 Å². The molecule has 0 spiro atoms. The first kappa shape index (κ1) is 17.2. The predicted octanol–water partition coefficient (Wildman–Crippen LogP) is 2.27. The van der Waals surface area contributed by atoms with Gasteiger partial charge in [0.25, 0.3) is 5.22 Å². The minimum Gasteiger partial charge on any atom is -0.465 e. The van der Waals surface area contributed by atoms with E-state index in [0.717, 1.165) is 0 Å². The van der Waals surface area contributed by atoms with Gasteiger partial charge >= 0.3 is 5.97 Å². The van der Waals surface area contributed by atoms with Crippen LogP contribution in [0.3, 0.4) is 0 Å². The second kappa shape index (κ2) is 6.73. The summed E-state index contributed by atoms with van der Waals surface area (Å²) < 4.78 is 37.0. The zero-order valence-corrected chi connectivity index (χ0v) is 15.0. The number of oxazole rings is 1. The molecule has 24 heavy (non-hydrogen) atoms. The number of thioether (sulfide) groups is 1. The van der Waals surface area contributed by atoms with E-state index in [1.165, 1.54) is 28.2 Å². The normalized spacial score (nSPS) is 18.5. The van der Waals surface area contributed by atoms with Crippen molar-refractivity contribution in [1.82, 2.24) is 9.29 Å². The number of hydrogen-bond acceptors (Lipinski definition) is 7. The number of aromatic nitrogens is 1. The first-order valence-corrected chi connectivity index (χ1v) is 10.0. The van der Waals surface area contributed by atoms with Gasteiger partial charge in [-0.2, -0.15) is 4.31 Å². The third kappa shape index (κ3) is 3.15. The molecule has 1 aromatic carbocycles. The van der Waals surface area contributed by atoms with Gasteiger partial charge in [-0.1, -0.05) is 25.6 Å². The number of sulfonamides is 1. The lowest BCUT2D eigenvalue weighted by Crippen LogP contribution is -2.30. The molecule has 1 atom stereocenters. The lowest BCUT2D eigenvalue weighted by molar-refractivity contribution is -0.137. The van der Waals surface area contributed by atoms with Crippen LogP contribution >= 0.6 is 11.8 Å². The number of rotatable bonds is 6. The predicted molar refractivity (Wildman–Crippen MR) is 89.3 cm³/mol. The molecule has 1 aliphatic heterocycles. The number of benzene rings is 1. The Balaban J connectivity index is 1.90. The molecule has 0 N–H and O–H groups in total. The van der Waals surface area contributed by atoms with Gasteiger partial charge < -0.3 is 9.15 Å². The van der Waals surface area contributed by atoms with E-state index < -0.39 is 10.0 Å². The van der Waals surface area contributed by atoms with Crippen LogP contribution < -0.4 is 0 Å². The van der Waals surface area contributed by atoms with Crippen LogP contribution in [0.25, 0.3) is 11.1 Å². The number of esters is 1. The first-order valence-electron chi connectivity index (χ1n) is 7.69. The molecule has 9 heteroatoms. The second-order valence-corrected chi connectivity index (χ2v) is 8.35. The van der Waals surface area contributed by atoms with Crippen molar-refractivity contribution in [2.45, 2.75) is 35.6 Å². The number of nitrogens with zero attached hydrogens (tertiary/aromatic N) is 2. The van der Waals surface area contributed by atoms with Crippen molar-refractivity contribution in [3.05, 3.63) is 18.2 Å². The monoisotopic (exact) mass is 370 g/mol. The molecule has 0 saturated carbocycles. The Bertz CT molecular complexity index is 858. The molecule has 1 aliphatic rings. The maximum atomic E-state index is 12.6. The summed E-state index contributed by atoms with van der Waals surface area (Å²) in [6, 6.07) is 4.61. The summed E-state index contributed by atoms with van der Waals surface area (Å²) in [5.74, 6) is -0.271. The van der Waals surface area contributed by atoms with Gasteiger partial charge in [0.2, 0.25) is 10.0 Å². The average molecular weight is 370 g/mol. The third-order valence-electron chi connectivity index (χ3n) is 3.81. The summed E-state index contributed by atoms with van der Waals surface area (Å²) in [5.41, 5.74) is 0.944. The van der Waals surface area contributed by atoms with Crippen LogP contribution in [0.4, 0.5) is 0 Å². The fourth-order valence-electron chi connectivity index (χ4n) is 2.52. The minimum absolute atomic E-state index is 0.184. The van der Waals surface area contributed by atoms with Crippen LogP contribution in [0.15, 0.2) is 32.7 Å². The molecule has 0 radical (unpaired) electrons. The van der Waals surface area contributed by atoms with E-state index in [4.69, 9.17) is 9.15 Å². The molecule has 7 nitrogen and oxygen atoms in total. The van der Waals surface area contributed by atoms with Gasteiger partial charge in [0.05, 0.1) is 11.5 Å². The molecule has 2 heterocycles. The third-order valence-corrected chi connectivity index (χ3v) is 6.95. The van der Waals surface area contributed by atoms with Crippen molar-refractivity contribution >= 4 is 38.9 Å². The molecule has 1 saturated heterocycles. The highest BCUT2D eigenvalue weighted by Crippen LogP contribution is 2.32. The second-order valence-electron chi connectivity index (χ2n) is 5.26. The van der Waals surface area contributed by atoms with Crippen molar-refractivity contribution in [2.75, 3.05) is 19.7 Å². The number of cyclic esters (lactones) is 1. The van der Waals surface area contributed by atoms with E-state index in [1.54, 1.807) is 19.9 Å². The number of carbonyl (C=O) groups excluding carboxylic acids is 1. The zero-order valence-electron chi connectivity index (χ0n) is 13.4. The molecule has 130 valence electrons. The average Bonchev–Trinajstić information content (AvgIpc) is 3.13. The highest BCUT2D eigenvalue weighted by atomic mass is 32.2. The highest BCUT2D eigenvalue weighted by Gasteiger charge is 2.29. The highest BCUT2D eigenvalue weighted by molar-refractivity contribution is 8.00. The SMILES string of the molecule is CCN(CC)S(=O)(=O)c1ccc2oc(S[C@@H]3CCOC3=O)nc2c1. The number of carbonyl (C=O) groups is 1. The van der Waals surface area contributed by atoms with Gasteiger partial charge in [-0.25, -0.2) is 13.4 Å². The summed E-state index contributed by atoms with van der Waals surface area (Å²) in [6.07, 6.45) is 0.615. The summed E-state index contributed by atoms with van der Waals surface area (Å²) >= 11 is 1.20. The van der Waals surface area contributed by atoms with Crippen LogP contribution in [0.5, 0.6) is 0 Å². The topological polar surface area (TPSA) is 89.7 Å². The van der Waals surface area contributed by atoms with Crippen molar-refractivity contribution in [1.29, 1.82) is 0 Å². The number of fused-ring (bicyclic) bond motifs is 1. The van der Waals surface area contributed by atoms with E-state index in [9.17, 15) is 13.2 Å². The molecule has 1 aromatic heterocycles. The van der Waals surface area contributed by atoms with Crippen molar-refractivity contribution in [3.8, 4) is 0 Å². The summed E-state index contributed by atoms with van der Waals surface area (Å²) in [6.45, 7) is 4.81. The van der Waals surface area contributed by atoms with Gasteiger partial charge in [-0.15, -0.1) is 0 Å². The lowest BCUT2D eigenvalue weighted by Gasteiger charge is -2.18. The molecule has 0 bridgehead atoms. The molecular formula is C15H18N2O5S2. The van der Waals surface area contributed by atoms with Gasteiger partial charge in [-0.3, -0.25) is 4.79 Å². The maximum absolute atomic E-state index is 12.6. The minimum atomic E-state index is -3.54. The zero-order chi connectivity index (χ0) is 17.3. The quantitative estimate of drug-likeness (QED) is 0.721. The largest absolute Gasteiger partial charge is 0.465 e. The molecule has 1 fully saturated rings. The first-order chi connectivity index (χ1) is 11.5. The van der Waals surface area contributed by atoms with Crippen LogP contribution in [0.1, 0.15) is 20.3 Å². The molecule has 0 unspecified atom stereocenters. The molecule has 0 aliphatic carbocycles. The van der Waals surface area contributed by atoms with Gasteiger partial charge in [0.1, 0.15) is 10.8 Å². The molecule has 2 aromatic rings. The van der Waals surface area contributed by atoms with E-state index in [-0.39, 0.29) is 16.1 Å². The van der Waals surface area contributed by atoms with E-state index >= 15 is 0 Å². The Labute approximate surface area is 144 Å². The Hall–Kier alpha value is -1.58. The Kier molecular flexibility index (Phi) is 4.84. The van der Waals surface area contributed by atoms with Crippen LogP contribution in [-0.4, -0.2) is 48.6 Å². The van der Waals surface area contributed by atoms with Gasteiger partial charge in [-0.05, 0) is 18.2 Å². The van der Waals surface area contributed by atoms with Crippen molar-refractivity contribution in [2.24, 2.45) is 0 Å². The van der Waals surface area contributed by atoms with Crippen molar-refractivity contribution in [3.63, 3.8) is 0 Å². The Morgan fingerprint density at radius 2 is 2.08 bits per heavy atom. The molecular weight excluding hydrogens is 352 g/mol. The van der Waals surface area contributed by atoms with Crippen LogP contribution in [0.2, 0.25) is 0 Å². The number of ether oxygens (including phenoxy) is 1. The summed E-state index contributed by atoms with van der Waals surface area (Å²) in [7, 11) is -3.54. The summed E-state index contributed by atoms with van der Waals surface area (Å²) in [5, 5.41) is 0.0168. The fourth-order valence-corrected chi connectivity index (χ4v) is 4.90. The van der Waals surface area contributed by atoms with E-state index in [2.05, 4.69) is 4.98 Å². The lowest BCUT2D eigenvalue weighted by atomic mass is 10.3. The smallest absolute Gasteiger partial charge is 0.319 e. The van der Waals surface area contributed by atoms with Crippen LogP contribution in [0, 0.1) is 0 Å². The fraction of sp³-hybridized carbons (Fsp3) is 0.467. The molecule has 0 amide bonds. The van der Waals surface area contributed by atoms with Gasteiger partial charge in [0.15, 0.2) is 5.58 Å². The van der Waals surface area contributed by atoms with Crippen molar-refractivity contribution < 1.29 is 22.4 Å². The standard InChI is InChI=1S/C15H18N2O5S2/c1-3-17(4-2)24(19,20)10-5-6-12-11(9-10)16-15(22-12)23-13-7-8-21-14(13)18/h5-6,9,13H,3-4,7-8H2,1-2H3/t13-/m1/s1. The van der Waals surface area contributed by atoms with E-state index in [0.29, 0.717) is 42.4 Å². The Morgan fingerprint density at radius 1 is 1.33 bits per heavy atom. The number of hydrogen-bond donors (Lipinski definition) is 0. The Morgan fingerprint density at radius 3 is 2.71 bits per heavy atom. The van der Waals surface area contributed by atoms with Crippen LogP contribution in [-0.2, 0) is 19.6 Å². The van der Waals surface area contributed by atoms with Gasteiger partial charge in [0, 0.05) is 19.5 Å². The summed E-state index contributed by atoms with van der Waals surface area (Å²) in [4.78, 5) is 16.0.